The summed E-state index contributed by atoms with van der Waals surface area (Å²) in [7, 11) is 0. The molecule has 2 amide bonds. The lowest BCUT2D eigenvalue weighted by atomic mass is 10.1. The molecule has 0 saturated heterocycles. The van der Waals surface area contributed by atoms with Crippen LogP contribution in [0.3, 0.4) is 0 Å². The van der Waals surface area contributed by atoms with Crippen molar-refractivity contribution in [1.29, 1.82) is 0 Å². The van der Waals surface area contributed by atoms with Crippen molar-refractivity contribution in [2.75, 3.05) is 11.9 Å². The number of aromatic nitrogens is 1. The molecule has 2 aromatic rings. The number of carbonyl (C=O) groups is 2. The molecule has 0 saturated carbocycles. The molecule has 24 heavy (non-hydrogen) atoms. The van der Waals surface area contributed by atoms with Crippen LogP contribution in [0.1, 0.15) is 46.0 Å². The quantitative estimate of drug-likeness (QED) is 0.885. The maximum absolute atomic E-state index is 12.4. The summed E-state index contributed by atoms with van der Waals surface area (Å²) < 4.78 is 0. The molecule has 1 heterocycles. The topological polar surface area (TPSA) is 71.1 Å². The van der Waals surface area contributed by atoms with E-state index in [4.69, 9.17) is 0 Å². The second kappa shape index (κ2) is 7.73. The van der Waals surface area contributed by atoms with Crippen molar-refractivity contribution in [2.24, 2.45) is 5.92 Å². The normalized spacial score (nSPS) is 10.5. The summed E-state index contributed by atoms with van der Waals surface area (Å²) in [5, 5.41) is 5.65. The first-order valence-corrected chi connectivity index (χ1v) is 8.00. The minimum Gasteiger partial charge on any atom is -0.350 e. The summed E-state index contributed by atoms with van der Waals surface area (Å²) in [4.78, 5) is 28.7. The van der Waals surface area contributed by atoms with Gasteiger partial charge in [-0.15, -0.1) is 0 Å². The largest absolute Gasteiger partial charge is 0.350 e. The lowest BCUT2D eigenvalue weighted by Crippen LogP contribution is -2.28. The monoisotopic (exact) mass is 325 g/mol. The van der Waals surface area contributed by atoms with Gasteiger partial charge in [0, 0.05) is 12.2 Å². The Kier molecular flexibility index (Phi) is 5.68. The van der Waals surface area contributed by atoms with E-state index in [1.165, 1.54) is 0 Å². The highest BCUT2D eigenvalue weighted by atomic mass is 16.2. The predicted octanol–water partition coefficient (Wildman–Crippen LogP) is 3.34. The van der Waals surface area contributed by atoms with E-state index in [-0.39, 0.29) is 23.2 Å². The van der Waals surface area contributed by atoms with Gasteiger partial charge < -0.3 is 10.6 Å². The third-order valence-electron chi connectivity index (χ3n) is 3.53. The van der Waals surface area contributed by atoms with Crippen LogP contribution in [0.5, 0.6) is 0 Å². The molecule has 0 fully saturated rings. The molecule has 0 aliphatic heterocycles. The van der Waals surface area contributed by atoms with Gasteiger partial charge in [0.15, 0.2) is 0 Å². The molecule has 0 atom stereocenters. The first-order valence-electron chi connectivity index (χ1n) is 8.00. The number of nitrogens with zero attached hydrogens (tertiary/aromatic N) is 1. The number of benzene rings is 1. The van der Waals surface area contributed by atoms with Gasteiger partial charge in [0.2, 0.25) is 0 Å². The molecule has 0 bridgehead atoms. The van der Waals surface area contributed by atoms with E-state index < -0.39 is 0 Å². The zero-order chi connectivity index (χ0) is 17.7. The summed E-state index contributed by atoms with van der Waals surface area (Å²) >= 11 is 0. The zero-order valence-corrected chi connectivity index (χ0v) is 14.5. The highest BCUT2D eigenvalue weighted by Gasteiger charge is 2.13. The Morgan fingerprint density at radius 1 is 1.04 bits per heavy atom. The molecule has 1 aromatic heterocycles. The first kappa shape index (κ1) is 17.7. The van der Waals surface area contributed by atoms with E-state index in [1.807, 2.05) is 45.9 Å². The maximum atomic E-state index is 12.4. The molecular weight excluding hydrogens is 302 g/mol. The van der Waals surface area contributed by atoms with Crippen molar-refractivity contribution in [3.05, 3.63) is 58.9 Å². The number of carbonyl (C=O) groups excluding carboxylic acids is 2. The van der Waals surface area contributed by atoms with Crippen molar-refractivity contribution in [3.63, 3.8) is 0 Å². The van der Waals surface area contributed by atoms with E-state index in [9.17, 15) is 9.59 Å². The summed E-state index contributed by atoms with van der Waals surface area (Å²) in [6, 6.07) is 10.7. The van der Waals surface area contributed by atoms with Crippen molar-refractivity contribution >= 4 is 17.5 Å². The van der Waals surface area contributed by atoms with Gasteiger partial charge in [0.25, 0.3) is 11.8 Å². The third-order valence-corrected chi connectivity index (χ3v) is 3.53. The van der Waals surface area contributed by atoms with Crippen LogP contribution in [-0.2, 0) is 0 Å². The fourth-order valence-corrected chi connectivity index (χ4v) is 2.13. The van der Waals surface area contributed by atoms with Crippen LogP contribution in [0.4, 0.5) is 5.69 Å². The average Bonchev–Trinajstić information content (AvgIpc) is 2.56. The number of rotatable bonds is 5. The highest BCUT2D eigenvalue weighted by molar-refractivity contribution is 6.04. The molecule has 5 heteroatoms. The molecule has 0 aliphatic carbocycles. The SMILES string of the molecule is Cc1ccc(C)c(NC(=O)c2cccc(C(=O)NCC(C)C)n2)c1. The molecule has 2 N–H and O–H groups in total. The van der Waals surface area contributed by atoms with Crippen LogP contribution in [0.2, 0.25) is 0 Å². The molecule has 126 valence electrons. The van der Waals surface area contributed by atoms with Gasteiger partial charge in [0.05, 0.1) is 0 Å². The van der Waals surface area contributed by atoms with Gasteiger partial charge in [-0.1, -0.05) is 32.0 Å². The van der Waals surface area contributed by atoms with Crippen molar-refractivity contribution in [2.45, 2.75) is 27.7 Å². The Balaban J connectivity index is 2.14. The number of pyridine rings is 1. The summed E-state index contributed by atoms with van der Waals surface area (Å²) in [6.45, 7) is 8.49. The number of amides is 2. The molecular formula is C19H23N3O2. The van der Waals surface area contributed by atoms with E-state index in [1.54, 1.807) is 18.2 Å². The smallest absolute Gasteiger partial charge is 0.274 e. The Morgan fingerprint density at radius 2 is 1.71 bits per heavy atom. The van der Waals surface area contributed by atoms with Gasteiger partial charge in [-0.2, -0.15) is 0 Å². The van der Waals surface area contributed by atoms with E-state index in [2.05, 4.69) is 15.6 Å². The molecule has 0 radical (unpaired) electrons. The Hall–Kier alpha value is -2.69. The maximum Gasteiger partial charge on any atom is 0.274 e. The standard InChI is InChI=1S/C19H23N3O2/c1-12(2)11-20-18(23)15-6-5-7-16(21-15)19(24)22-17-10-13(3)8-9-14(17)4/h5-10,12H,11H2,1-4H3,(H,20,23)(H,22,24). The van der Waals surface area contributed by atoms with Crippen molar-refractivity contribution in [1.82, 2.24) is 10.3 Å². The van der Waals surface area contributed by atoms with E-state index in [0.29, 0.717) is 12.5 Å². The van der Waals surface area contributed by atoms with Crippen molar-refractivity contribution < 1.29 is 9.59 Å². The number of anilines is 1. The molecule has 1 aromatic carbocycles. The number of aryl methyl sites for hydroxylation is 2. The van der Waals surface area contributed by atoms with Gasteiger partial charge in [-0.05, 0) is 49.1 Å². The van der Waals surface area contributed by atoms with Crippen LogP contribution >= 0.6 is 0 Å². The minimum absolute atomic E-state index is 0.216. The highest BCUT2D eigenvalue weighted by Crippen LogP contribution is 2.17. The fraction of sp³-hybridized carbons (Fsp3) is 0.316. The second-order valence-corrected chi connectivity index (χ2v) is 6.28. The minimum atomic E-state index is -0.331. The predicted molar refractivity (Wildman–Crippen MR) is 95.3 cm³/mol. The van der Waals surface area contributed by atoms with Crippen LogP contribution in [-0.4, -0.2) is 23.3 Å². The fourth-order valence-electron chi connectivity index (χ4n) is 2.13. The Morgan fingerprint density at radius 3 is 2.38 bits per heavy atom. The first-order chi connectivity index (χ1) is 11.4. The van der Waals surface area contributed by atoms with Gasteiger partial charge in [-0.25, -0.2) is 4.98 Å². The molecule has 0 unspecified atom stereocenters. The summed E-state index contributed by atoms with van der Waals surface area (Å²) in [5.41, 5.74) is 3.24. The molecule has 5 nitrogen and oxygen atoms in total. The second-order valence-electron chi connectivity index (χ2n) is 6.28. The van der Waals surface area contributed by atoms with Crippen LogP contribution in [0.15, 0.2) is 36.4 Å². The number of hydrogen-bond acceptors (Lipinski definition) is 3. The lowest BCUT2D eigenvalue weighted by Gasteiger charge is -2.10. The van der Waals surface area contributed by atoms with Crippen LogP contribution in [0, 0.1) is 19.8 Å². The third kappa shape index (κ3) is 4.65. The summed E-state index contributed by atoms with van der Waals surface area (Å²) in [5.74, 6) is -0.253. The van der Waals surface area contributed by atoms with Crippen LogP contribution in [0.25, 0.3) is 0 Å². The lowest BCUT2D eigenvalue weighted by molar-refractivity contribution is 0.0944. The van der Waals surface area contributed by atoms with Crippen molar-refractivity contribution in [3.8, 4) is 0 Å². The number of nitrogens with one attached hydrogen (secondary N) is 2. The molecule has 0 aliphatic rings. The van der Waals surface area contributed by atoms with E-state index in [0.717, 1.165) is 16.8 Å². The Bertz CT molecular complexity index is 754. The molecule has 0 spiro atoms. The van der Waals surface area contributed by atoms with Gasteiger partial charge >= 0.3 is 0 Å². The Labute approximate surface area is 142 Å². The average molecular weight is 325 g/mol. The van der Waals surface area contributed by atoms with E-state index >= 15 is 0 Å². The number of hydrogen-bond donors (Lipinski definition) is 2. The molecule has 2 rings (SSSR count). The van der Waals surface area contributed by atoms with Gasteiger partial charge in [0.1, 0.15) is 11.4 Å². The van der Waals surface area contributed by atoms with Crippen LogP contribution < -0.4 is 10.6 Å². The summed E-state index contributed by atoms with van der Waals surface area (Å²) in [6.07, 6.45) is 0. The zero-order valence-electron chi connectivity index (χ0n) is 14.5. The van der Waals surface area contributed by atoms with Gasteiger partial charge in [-0.3, -0.25) is 9.59 Å².